The molecule has 4 nitrogen and oxygen atoms in total. The van der Waals surface area contributed by atoms with Gasteiger partial charge in [0, 0.05) is 14.0 Å². The Kier molecular flexibility index (Phi) is 2.06. The van der Waals surface area contributed by atoms with Crippen LogP contribution in [0.15, 0.2) is 11.2 Å². The lowest BCUT2D eigenvalue weighted by Crippen LogP contribution is -1.85. The Hall–Kier alpha value is -0.840. The summed E-state index contributed by atoms with van der Waals surface area (Å²) in [7, 11) is 1.76. The molecular weight excluding hydrogens is 150 g/mol. The first kappa shape index (κ1) is 7.27. The zero-order valence-electron chi connectivity index (χ0n) is 5.74. The van der Waals surface area contributed by atoms with Gasteiger partial charge in [-0.05, 0) is 11.8 Å². The van der Waals surface area contributed by atoms with Crippen molar-refractivity contribution in [2.24, 2.45) is 7.05 Å². The first-order chi connectivity index (χ1) is 4.68. The highest BCUT2D eigenvalue weighted by molar-refractivity contribution is 8.13. The lowest BCUT2D eigenvalue weighted by atomic mass is 10.9. The molecular formula is C5H7N3OS. The van der Waals surface area contributed by atoms with Crippen molar-refractivity contribution < 1.29 is 4.79 Å². The second kappa shape index (κ2) is 2.83. The molecule has 0 spiro atoms. The maximum Gasteiger partial charge on any atom is 0.192 e. The predicted molar refractivity (Wildman–Crippen MR) is 37.5 cm³/mol. The van der Waals surface area contributed by atoms with Crippen LogP contribution < -0.4 is 0 Å². The second-order valence-corrected chi connectivity index (χ2v) is 3.02. The summed E-state index contributed by atoms with van der Waals surface area (Å²) in [6.45, 7) is 1.50. The summed E-state index contributed by atoms with van der Waals surface area (Å²) in [4.78, 5) is 10.5. The molecule has 0 bridgehead atoms. The van der Waals surface area contributed by atoms with Crippen LogP contribution in [0.2, 0.25) is 0 Å². The van der Waals surface area contributed by atoms with Gasteiger partial charge in [-0.1, -0.05) is 5.21 Å². The molecule has 0 aliphatic carbocycles. The van der Waals surface area contributed by atoms with Crippen LogP contribution in [0.3, 0.4) is 0 Å². The number of carbonyl (C=O) groups excluding carboxylic acids is 1. The second-order valence-electron chi connectivity index (χ2n) is 1.82. The fourth-order valence-corrected chi connectivity index (χ4v) is 1.10. The molecule has 54 valence electrons. The normalized spacial score (nSPS) is 9.80. The highest BCUT2D eigenvalue weighted by Gasteiger charge is 2.00. The van der Waals surface area contributed by atoms with Crippen molar-refractivity contribution in [1.29, 1.82) is 0 Å². The molecule has 0 N–H and O–H groups in total. The van der Waals surface area contributed by atoms with Gasteiger partial charge in [0.15, 0.2) is 5.12 Å². The Labute approximate surface area is 62.6 Å². The molecule has 5 heteroatoms. The molecule has 0 aliphatic rings. The van der Waals surface area contributed by atoms with E-state index in [1.54, 1.807) is 17.9 Å². The van der Waals surface area contributed by atoms with E-state index in [0.29, 0.717) is 5.03 Å². The summed E-state index contributed by atoms with van der Waals surface area (Å²) in [6.07, 6.45) is 1.70. The van der Waals surface area contributed by atoms with Crippen molar-refractivity contribution in [3.8, 4) is 0 Å². The van der Waals surface area contributed by atoms with E-state index in [9.17, 15) is 4.79 Å². The monoisotopic (exact) mass is 157 g/mol. The van der Waals surface area contributed by atoms with Crippen LogP contribution in [0.25, 0.3) is 0 Å². The molecule has 1 heterocycles. The van der Waals surface area contributed by atoms with Gasteiger partial charge in [-0.15, -0.1) is 5.10 Å². The van der Waals surface area contributed by atoms with E-state index in [2.05, 4.69) is 10.3 Å². The van der Waals surface area contributed by atoms with Gasteiger partial charge in [0.05, 0.1) is 6.20 Å². The van der Waals surface area contributed by atoms with E-state index < -0.39 is 0 Å². The van der Waals surface area contributed by atoms with Crippen LogP contribution in [0, 0.1) is 0 Å². The molecule has 0 saturated heterocycles. The van der Waals surface area contributed by atoms with Crippen molar-refractivity contribution in [2.75, 3.05) is 0 Å². The van der Waals surface area contributed by atoms with Crippen molar-refractivity contribution in [2.45, 2.75) is 11.9 Å². The zero-order valence-corrected chi connectivity index (χ0v) is 6.55. The van der Waals surface area contributed by atoms with Crippen LogP contribution in [0.4, 0.5) is 0 Å². The third kappa shape index (κ3) is 1.84. The van der Waals surface area contributed by atoms with Crippen molar-refractivity contribution in [3.05, 3.63) is 6.20 Å². The van der Waals surface area contributed by atoms with Crippen LogP contribution >= 0.6 is 11.8 Å². The number of thioether (sulfide) groups is 1. The van der Waals surface area contributed by atoms with Crippen molar-refractivity contribution in [3.63, 3.8) is 0 Å². The maximum atomic E-state index is 10.5. The fourth-order valence-electron chi connectivity index (χ4n) is 0.520. The largest absolute Gasteiger partial charge is 0.287 e. The van der Waals surface area contributed by atoms with Gasteiger partial charge in [-0.3, -0.25) is 9.48 Å². The molecule has 0 fully saturated rings. The number of carbonyl (C=O) groups is 1. The molecule has 0 unspecified atom stereocenters. The lowest BCUT2D eigenvalue weighted by Gasteiger charge is -1.83. The first-order valence-corrected chi connectivity index (χ1v) is 3.55. The third-order valence-electron chi connectivity index (χ3n) is 0.830. The standard InChI is InChI=1S/C5H7N3OS/c1-4(9)10-5-3-8(2)7-6-5/h3H,1-2H3. The SMILES string of the molecule is CC(=O)Sc1cn(C)nn1. The molecule has 1 rings (SSSR count). The van der Waals surface area contributed by atoms with Gasteiger partial charge in [-0.25, -0.2) is 0 Å². The smallest absolute Gasteiger partial charge is 0.192 e. The number of aromatic nitrogens is 3. The number of rotatable bonds is 1. The number of hydrogen-bond acceptors (Lipinski definition) is 4. The van der Waals surface area contributed by atoms with E-state index in [1.165, 1.54) is 6.92 Å². The van der Waals surface area contributed by atoms with Gasteiger partial charge in [0.25, 0.3) is 0 Å². The Morgan fingerprint density at radius 3 is 2.90 bits per heavy atom. The minimum Gasteiger partial charge on any atom is -0.287 e. The minimum absolute atomic E-state index is 0.0282. The fraction of sp³-hybridized carbons (Fsp3) is 0.400. The van der Waals surface area contributed by atoms with Gasteiger partial charge >= 0.3 is 0 Å². The molecule has 10 heavy (non-hydrogen) atoms. The first-order valence-electron chi connectivity index (χ1n) is 2.73. The number of hydrogen-bond donors (Lipinski definition) is 0. The molecule has 0 atom stereocenters. The molecule has 0 aliphatic heterocycles. The summed E-state index contributed by atoms with van der Waals surface area (Å²) < 4.78 is 1.56. The molecule has 1 aromatic heterocycles. The molecule has 0 saturated carbocycles. The van der Waals surface area contributed by atoms with Crippen LogP contribution in [0.1, 0.15) is 6.92 Å². The van der Waals surface area contributed by atoms with E-state index in [4.69, 9.17) is 0 Å². The molecule has 0 aromatic carbocycles. The lowest BCUT2D eigenvalue weighted by molar-refractivity contribution is -0.109. The van der Waals surface area contributed by atoms with Gasteiger partial charge in [0.1, 0.15) is 5.03 Å². The maximum absolute atomic E-state index is 10.5. The predicted octanol–water partition coefficient (Wildman–Crippen LogP) is 0.454. The van der Waals surface area contributed by atoms with Gasteiger partial charge in [-0.2, -0.15) is 0 Å². The average molecular weight is 157 g/mol. The summed E-state index contributed by atoms with van der Waals surface area (Å²) in [5, 5.41) is 8.05. The highest BCUT2D eigenvalue weighted by atomic mass is 32.2. The van der Waals surface area contributed by atoms with Crippen molar-refractivity contribution in [1.82, 2.24) is 15.0 Å². The van der Waals surface area contributed by atoms with E-state index in [1.807, 2.05) is 0 Å². The molecule has 0 radical (unpaired) electrons. The van der Waals surface area contributed by atoms with Gasteiger partial charge in [0.2, 0.25) is 0 Å². The summed E-state index contributed by atoms with van der Waals surface area (Å²) >= 11 is 1.09. The average Bonchev–Trinajstić information content (AvgIpc) is 2.13. The topological polar surface area (TPSA) is 47.8 Å². The van der Waals surface area contributed by atoms with E-state index >= 15 is 0 Å². The van der Waals surface area contributed by atoms with Crippen molar-refractivity contribution >= 4 is 16.9 Å². The molecule has 1 aromatic rings. The zero-order chi connectivity index (χ0) is 7.56. The molecule has 0 amide bonds. The van der Waals surface area contributed by atoms with Crippen LogP contribution in [0.5, 0.6) is 0 Å². The summed E-state index contributed by atoms with van der Waals surface area (Å²) in [5.74, 6) is 0. The minimum atomic E-state index is 0.0282. The van der Waals surface area contributed by atoms with E-state index in [0.717, 1.165) is 11.8 Å². The van der Waals surface area contributed by atoms with Crippen LogP contribution in [-0.4, -0.2) is 20.1 Å². The Morgan fingerprint density at radius 1 is 1.80 bits per heavy atom. The summed E-state index contributed by atoms with van der Waals surface area (Å²) in [5.41, 5.74) is 0. The van der Waals surface area contributed by atoms with E-state index in [-0.39, 0.29) is 5.12 Å². The Balaban J connectivity index is 2.67. The van der Waals surface area contributed by atoms with Crippen LogP contribution in [-0.2, 0) is 11.8 Å². The quantitative estimate of drug-likeness (QED) is 0.555. The summed E-state index contributed by atoms with van der Waals surface area (Å²) in [6, 6.07) is 0. The highest BCUT2D eigenvalue weighted by Crippen LogP contribution is 2.13. The number of nitrogens with zero attached hydrogens (tertiary/aromatic N) is 3. The third-order valence-corrected chi connectivity index (χ3v) is 1.51. The van der Waals surface area contributed by atoms with Gasteiger partial charge < -0.3 is 0 Å². The Morgan fingerprint density at radius 2 is 2.50 bits per heavy atom. The Bertz CT molecular complexity index is 245. The number of aryl methyl sites for hydroxylation is 1.